The average Bonchev–Trinajstić information content (AvgIpc) is 3.27. The highest BCUT2D eigenvalue weighted by Gasteiger charge is 2.49. The van der Waals surface area contributed by atoms with Gasteiger partial charge in [-0.15, -0.1) is 0 Å². The van der Waals surface area contributed by atoms with Crippen LogP contribution < -0.4 is 15.4 Å². The van der Waals surface area contributed by atoms with Gasteiger partial charge in [-0.25, -0.2) is 13.2 Å². The van der Waals surface area contributed by atoms with E-state index >= 15 is 4.39 Å². The molecule has 1 amide bonds. The van der Waals surface area contributed by atoms with E-state index in [2.05, 4.69) is 38.1 Å². The van der Waals surface area contributed by atoms with Crippen molar-refractivity contribution in [3.8, 4) is 17.1 Å². The number of hydrogen-bond acceptors (Lipinski definition) is 6. The van der Waals surface area contributed by atoms with Gasteiger partial charge in [-0.05, 0) is 72.9 Å². The molecule has 7 nitrogen and oxygen atoms in total. The maximum Gasteiger partial charge on any atom is 0.319 e. The molecule has 2 aromatic carbocycles. The first kappa shape index (κ1) is 26.3. The van der Waals surface area contributed by atoms with E-state index in [-0.39, 0.29) is 37.1 Å². The molecule has 3 fully saturated rings. The topological polar surface area (TPSA) is 79.4 Å². The van der Waals surface area contributed by atoms with Gasteiger partial charge in [-0.3, -0.25) is 9.69 Å². The molecule has 3 aromatic rings. The zero-order chi connectivity index (χ0) is 28.3. The third-order valence-electron chi connectivity index (χ3n) is 9.21. The maximum atomic E-state index is 15.7. The lowest BCUT2D eigenvalue weighted by Gasteiger charge is -2.30. The SMILES string of the molecule is C=C(F)C(=O)NCCNc1nc(OC[C@@]23CCCN2C[C@H](F)C3)nc2cc(-c3cccc4c3[C@H]3C[C@H]3C4)c(F)cc12. The minimum absolute atomic E-state index is 0.0959. The van der Waals surface area contributed by atoms with Crippen LogP contribution in [0.3, 0.4) is 0 Å². The van der Waals surface area contributed by atoms with Gasteiger partial charge in [-0.1, -0.05) is 24.8 Å². The predicted octanol–water partition coefficient (Wildman–Crippen LogP) is 5.06. The number of nitrogens with one attached hydrogen (secondary N) is 2. The Morgan fingerprint density at radius 1 is 1.22 bits per heavy atom. The van der Waals surface area contributed by atoms with Crippen molar-refractivity contribution in [2.45, 2.75) is 49.7 Å². The molecule has 0 bridgehead atoms. The molecule has 10 heteroatoms. The van der Waals surface area contributed by atoms with Crippen molar-refractivity contribution in [1.29, 1.82) is 0 Å². The number of carbonyl (C=O) groups is 1. The smallest absolute Gasteiger partial charge is 0.319 e. The molecule has 0 radical (unpaired) electrons. The van der Waals surface area contributed by atoms with Gasteiger partial charge in [0.05, 0.1) is 11.1 Å². The first-order valence-corrected chi connectivity index (χ1v) is 14.3. The van der Waals surface area contributed by atoms with Crippen LogP contribution in [0.4, 0.5) is 19.0 Å². The van der Waals surface area contributed by atoms with E-state index in [1.165, 1.54) is 17.2 Å². The highest BCUT2D eigenvalue weighted by molar-refractivity contribution is 5.93. The first-order valence-electron chi connectivity index (χ1n) is 14.3. The summed E-state index contributed by atoms with van der Waals surface area (Å²) in [6.07, 6.45) is 3.57. The number of alkyl halides is 1. The second-order valence-corrected chi connectivity index (χ2v) is 11.8. The van der Waals surface area contributed by atoms with Gasteiger partial charge in [0, 0.05) is 37.0 Å². The number of nitrogens with zero attached hydrogens (tertiary/aromatic N) is 3. The molecular weight excluding hydrogens is 531 g/mol. The molecule has 2 N–H and O–H groups in total. The number of rotatable bonds is 9. The highest BCUT2D eigenvalue weighted by atomic mass is 19.1. The Hall–Kier alpha value is -3.66. The van der Waals surface area contributed by atoms with E-state index in [0.29, 0.717) is 47.1 Å². The molecule has 0 spiro atoms. The second kappa shape index (κ2) is 10.0. The van der Waals surface area contributed by atoms with Crippen LogP contribution >= 0.6 is 0 Å². The van der Waals surface area contributed by atoms with E-state index < -0.39 is 17.9 Å². The molecule has 214 valence electrons. The van der Waals surface area contributed by atoms with E-state index in [9.17, 15) is 13.6 Å². The summed E-state index contributed by atoms with van der Waals surface area (Å²) in [5.41, 5.74) is 4.06. The van der Waals surface area contributed by atoms with Crippen LogP contribution in [0, 0.1) is 11.7 Å². The Labute approximate surface area is 236 Å². The molecule has 2 aliphatic carbocycles. The van der Waals surface area contributed by atoms with E-state index in [0.717, 1.165) is 37.8 Å². The normalized spacial score (nSPS) is 26.0. The van der Waals surface area contributed by atoms with Crippen LogP contribution in [0.2, 0.25) is 0 Å². The Kier molecular flexibility index (Phi) is 6.41. The standard InChI is InChI=1S/C31H32F3N5O2/c1-17(32)29(40)36-8-7-35-28-24-12-25(34)23(21-5-2-4-18-10-19-11-22(19)27(18)21)13-26(24)37-30(38-28)41-16-31-6-3-9-39(31)15-20(33)14-31/h2,4-5,12-13,19-20,22H,1,3,6-11,14-16H2,(H,36,40)(H,35,37,38)/t19-,20-,22+,31+/m1/s1. The zero-order valence-electron chi connectivity index (χ0n) is 22.7. The largest absolute Gasteiger partial charge is 0.461 e. The molecule has 1 saturated carbocycles. The molecule has 2 saturated heterocycles. The third-order valence-corrected chi connectivity index (χ3v) is 9.21. The summed E-state index contributed by atoms with van der Waals surface area (Å²) in [7, 11) is 0. The summed E-state index contributed by atoms with van der Waals surface area (Å²) >= 11 is 0. The van der Waals surface area contributed by atoms with Gasteiger partial charge < -0.3 is 15.4 Å². The van der Waals surface area contributed by atoms with Crippen LogP contribution in [0.25, 0.3) is 22.0 Å². The Balaban J connectivity index is 1.22. The average molecular weight is 564 g/mol. The quantitative estimate of drug-likeness (QED) is 0.280. The summed E-state index contributed by atoms with van der Waals surface area (Å²) in [5.74, 6) is -0.853. The lowest BCUT2D eigenvalue weighted by molar-refractivity contribution is -0.118. The van der Waals surface area contributed by atoms with Gasteiger partial charge >= 0.3 is 6.01 Å². The van der Waals surface area contributed by atoms with Gasteiger partial charge in [0.15, 0.2) is 5.83 Å². The molecule has 4 aliphatic rings. The van der Waals surface area contributed by atoms with Crippen molar-refractivity contribution in [2.24, 2.45) is 5.92 Å². The maximum absolute atomic E-state index is 15.7. The van der Waals surface area contributed by atoms with Crippen LogP contribution in [0.15, 0.2) is 42.7 Å². The number of amides is 1. The van der Waals surface area contributed by atoms with Gasteiger partial charge in [0.2, 0.25) is 0 Å². The van der Waals surface area contributed by atoms with Crippen molar-refractivity contribution in [3.05, 3.63) is 59.7 Å². The highest BCUT2D eigenvalue weighted by Crippen LogP contribution is 2.58. The number of carbonyl (C=O) groups excluding carboxylic acids is 1. The zero-order valence-corrected chi connectivity index (χ0v) is 22.7. The molecule has 3 heterocycles. The van der Waals surface area contributed by atoms with Crippen LogP contribution in [0.5, 0.6) is 6.01 Å². The van der Waals surface area contributed by atoms with E-state index in [1.807, 2.05) is 12.1 Å². The number of benzene rings is 2. The predicted molar refractivity (Wildman–Crippen MR) is 150 cm³/mol. The molecule has 4 atom stereocenters. The van der Waals surface area contributed by atoms with Crippen LogP contribution in [-0.2, 0) is 11.2 Å². The van der Waals surface area contributed by atoms with Crippen molar-refractivity contribution in [1.82, 2.24) is 20.2 Å². The summed E-state index contributed by atoms with van der Waals surface area (Å²) in [6, 6.07) is 9.38. The first-order chi connectivity index (χ1) is 19.8. The fraction of sp³-hybridized carbons (Fsp3) is 0.452. The second-order valence-electron chi connectivity index (χ2n) is 11.8. The Bertz CT molecular complexity index is 1560. The number of aromatic nitrogens is 2. The monoisotopic (exact) mass is 563 g/mol. The summed E-state index contributed by atoms with van der Waals surface area (Å²) in [5, 5.41) is 5.98. The molecule has 41 heavy (non-hydrogen) atoms. The number of fused-ring (bicyclic) bond motifs is 5. The van der Waals surface area contributed by atoms with Crippen LogP contribution in [0.1, 0.15) is 42.7 Å². The molecule has 7 rings (SSSR count). The third kappa shape index (κ3) is 4.71. The lowest BCUT2D eigenvalue weighted by atomic mass is 9.93. The minimum Gasteiger partial charge on any atom is -0.461 e. The number of anilines is 1. The lowest BCUT2D eigenvalue weighted by Crippen LogP contribution is -2.43. The van der Waals surface area contributed by atoms with E-state index in [4.69, 9.17) is 4.74 Å². The summed E-state index contributed by atoms with van der Waals surface area (Å²) in [6.45, 7) is 4.81. The van der Waals surface area contributed by atoms with Gasteiger partial charge in [0.1, 0.15) is 24.4 Å². The fourth-order valence-corrected chi connectivity index (χ4v) is 7.21. The van der Waals surface area contributed by atoms with Crippen LogP contribution in [-0.4, -0.2) is 65.3 Å². The van der Waals surface area contributed by atoms with Crippen molar-refractivity contribution < 1.29 is 22.7 Å². The van der Waals surface area contributed by atoms with Crippen molar-refractivity contribution in [2.75, 3.05) is 38.1 Å². The molecule has 0 unspecified atom stereocenters. The van der Waals surface area contributed by atoms with E-state index in [1.54, 1.807) is 6.07 Å². The Morgan fingerprint density at radius 2 is 2.10 bits per heavy atom. The van der Waals surface area contributed by atoms with Gasteiger partial charge in [-0.2, -0.15) is 9.97 Å². The molecule has 2 aliphatic heterocycles. The minimum atomic E-state index is -1.07. The summed E-state index contributed by atoms with van der Waals surface area (Å²) in [4.78, 5) is 22.9. The van der Waals surface area contributed by atoms with Gasteiger partial charge in [0.25, 0.3) is 5.91 Å². The molecular formula is C31H32F3N5O2. The molecule has 1 aromatic heterocycles. The fourth-order valence-electron chi connectivity index (χ4n) is 7.21. The Morgan fingerprint density at radius 3 is 2.95 bits per heavy atom. The number of halogens is 3. The van der Waals surface area contributed by atoms with Crippen molar-refractivity contribution >= 4 is 22.6 Å². The van der Waals surface area contributed by atoms with Crippen molar-refractivity contribution in [3.63, 3.8) is 0 Å². The number of ether oxygens (including phenoxy) is 1. The summed E-state index contributed by atoms with van der Waals surface area (Å²) < 4.78 is 49.2. The number of hydrogen-bond donors (Lipinski definition) is 2.